The molecule has 26 heavy (non-hydrogen) atoms. The summed E-state index contributed by atoms with van der Waals surface area (Å²) in [4.78, 5) is 16.7. The van der Waals surface area contributed by atoms with E-state index in [2.05, 4.69) is 10.3 Å². The molecule has 0 radical (unpaired) electrons. The molecule has 5 heteroatoms. The second kappa shape index (κ2) is 6.37. The number of nitrogens with zero attached hydrogens (tertiary/aromatic N) is 1. The highest BCUT2D eigenvalue weighted by molar-refractivity contribution is 6.04. The van der Waals surface area contributed by atoms with Crippen molar-refractivity contribution >= 4 is 22.7 Å². The van der Waals surface area contributed by atoms with Crippen LogP contribution in [0.3, 0.4) is 0 Å². The highest BCUT2D eigenvalue weighted by Gasteiger charge is 2.14. The lowest BCUT2D eigenvalue weighted by Crippen LogP contribution is -2.11. The first-order valence-corrected chi connectivity index (χ1v) is 8.17. The van der Waals surface area contributed by atoms with Crippen LogP contribution in [0.5, 0.6) is 5.75 Å². The number of carbonyl (C=O) groups is 1. The zero-order chi connectivity index (χ0) is 18.1. The van der Waals surface area contributed by atoms with E-state index in [1.165, 1.54) is 6.07 Å². The number of anilines is 1. The largest absolute Gasteiger partial charge is 0.507 e. The molecule has 0 unspecified atom stereocenters. The molecule has 0 bridgehead atoms. The SMILES string of the molecule is Cc1cccc(C(=O)Nc2ccc(-c3nc4ccccc4o3)c(O)c2)c1. The van der Waals surface area contributed by atoms with Crippen molar-refractivity contribution in [3.8, 4) is 17.2 Å². The molecule has 3 aromatic carbocycles. The number of hydrogen-bond donors (Lipinski definition) is 2. The summed E-state index contributed by atoms with van der Waals surface area (Å²) >= 11 is 0. The van der Waals surface area contributed by atoms with Crippen LogP contribution in [0.4, 0.5) is 5.69 Å². The lowest BCUT2D eigenvalue weighted by Gasteiger charge is -2.08. The molecule has 5 nitrogen and oxygen atoms in total. The number of rotatable bonds is 3. The van der Waals surface area contributed by atoms with Crippen molar-refractivity contribution in [1.29, 1.82) is 0 Å². The van der Waals surface area contributed by atoms with Gasteiger partial charge in [0.1, 0.15) is 11.3 Å². The van der Waals surface area contributed by atoms with Crippen molar-refractivity contribution in [3.63, 3.8) is 0 Å². The van der Waals surface area contributed by atoms with Crippen molar-refractivity contribution in [2.24, 2.45) is 0 Å². The summed E-state index contributed by atoms with van der Waals surface area (Å²) in [6, 6.07) is 19.6. The summed E-state index contributed by atoms with van der Waals surface area (Å²) in [6.45, 7) is 1.93. The van der Waals surface area contributed by atoms with Gasteiger partial charge in [-0.1, -0.05) is 29.8 Å². The Morgan fingerprint density at radius 3 is 2.65 bits per heavy atom. The van der Waals surface area contributed by atoms with Crippen molar-refractivity contribution in [2.45, 2.75) is 6.92 Å². The monoisotopic (exact) mass is 344 g/mol. The van der Waals surface area contributed by atoms with E-state index in [4.69, 9.17) is 4.42 Å². The molecule has 0 aliphatic carbocycles. The average molecular weight is 344 g/mol. The number of amides is 1. The molecule has 4 aromatic rings. The fraction of sp³-hybridized carbons (Fsp3) is 0.0476. The van der Waals surface area contributed by atoms with E-state index < -0.39 is 0 Å². The number of phenolic OH excluding ortho intramolecular Hbond substituents is 1. The Kier molecular flexibility index (Phi) is 3.89. The molecule has 0 fully saturated rings. The van der Waals surface area contributed by atoms with Crippen LogP contribution in [-0.4, -0.2) is 16.0 Å². The molecule has 0 aliphatic rings. The fourth-order valence-corrected chi connectivity index (χ4v) is 2.77. The van der Waals surface area contributed by atoms with Crippen LogP contribution in [0.15, 0.2) is 71.1 Å². The number of para-hydroxylation sites is 2. The molecular formula is C21H16N2O3. The number of aromatic hydroxyl groups is 1. The van der Waals surface area contributed by atoms with Gasteiger partial charge in [0.25, 0.3) is 5.91 Å². The molecule has 1 amide bonds. The van der Waals surface area contributed by atoms with E-state index in [9.17, 15) is 9.90 Å². The Hall–Kier alpha value is -3.60. The summed E-state index contributed by atoms with van der Waals surface area (Å²) in [6.07, 6.45) is 0. The van der Waals surface area contributed by atoms with Gasteiger partial charge in [-0.2, -0.15) is 0 Å². The van der Waals surface area contributed by atoms with Gasteiger partial charge in [0.15, 0.2) is 5.58 Å². The standard InChI is InChI=1S/C21H16N2O3/c1-13-5-4-6-14(11-13)20(25)22-15-9-10-16(18(24)12-15)21-23-17-7-2-3-8-19(17)26-21/h2-12,24H,1H3,(H,22,25). The Labute approximate surface area is 149 Å². The van der Waals surface area contributed by atoms with Crippen molar-refractivity contribution < 1.29 is 14.3 Å². The van der Waals surface area contributed by atoms with E-state index in [-0.39, 0.29) is 11.7 Å². The second-order valence-corrected chi connectivity index (χ2v) is 6.04. The van der Waals surface area contributed by atoms with Crippen LogP contribution in [-0.2, 0) is 0 Å². The molecule has 128 valence electrons. The summed E-state index contributed by atoms with van der Waals surface area (Å²) in [5.41, 5.74) is 3.90. The Bertz CT molecular complexity index is 1080. The molecule has 0 spiro atoms. The lowest BCUT2D eigenvalue weighted by molar-refractivity contribution is 0.102. The normalized spacial score (nSPS) is 10.8. The summed E-state index contributed by atoms with van der Waals surface area (Å²) in [7, 11) is 0. The number of benzene rings is 3. The third-order valence-electron chi connectivity index (χ3n) is 4.06. The lowest BCUT2D eigenvalue weighted by atomic mass is 10.1. The summed E-state index contributed by atoms with van der Waals surface area (Å²) in [5, 5.41) is 13.1. The van der Waals surface area contributed by atoms with Gasteiger partial charge in [-0.3, -0.25) is 4.79 Å². The number of aryl methyl sites for hydroxylation is 1. The van der Waals surface area contributed by atoms with Crippen LogP contribution in [0.25, 0.3) is 22.6 Å². The van der Waals surface area contributed by atoms with Crippen molar-refractivity contribution in [1.82, 2.24) is 4.98 Å². The number of nitrogens with one attached hydrogen (secondary N) is 1. The van der Waals surface area contributed by atoms with Crippen LogP contribution in [0.1, 0.15) is 15.9 Å². The number of hydrogen-bond acceptors (Lipinski definition) is 4. The molecule has 0 saturated carbocycles. The molecule has 0 saturated heterocycles. The summed E-state index contributed by atoms with van der Waals surface area (Å²) < 4.78 is 5.68. The van der Waals surface area contributed by atoms with Gasteiger partial charge in [0, 0.05) is 17.3 Å². The van der Waals surface area contributed by atoms with Crippen molar-refractivity contribution in [3.05, 3.63) is 77.9 Å². The first-order valence-electron chi connectivity index (χ1n) is 8.17. The maximum atomic E-state index is 12.3. The van der Waals surface area contributed by atoms with E-state index in [1.54, 1.807) is 18.2 Å². The third-order valence-corrected chi connectivity index (χ3v) is 4.06. The van der Waals surface area contributed by atoms with Gasteiger partial charge in [0.2, 0.25) is 5.89 Å². The fourth-order valence-electron chi connectivity index (χ4n) is 2.77. The van der Waals surface area contributed by atoms with E-state index in [1.807, 2.05) is 49.4 Å². The van der Waals surface area contributed by atoms with Crippen LogP contribution in [0, 0.1) is 6.92 Å². The zero-order valence-electron chi connectivity index (χ0n) is 14.1. The minimum Gasteiger partial charge on any atom is -0.507 e. The van der Waals surface area contributed by atoms with E-state index in [0.29, 0.717) is 28.3 Å². The molecule has 1 heterocycles. The predicted molar refractivity (Wildman–Crippen MR) is 100 cm³/mol. The Morgan fingerprint density at radius 2 is 1.88 bits per heavy atom. The number of aromatic nitrogens is 1. The minimum absolute atomic E-state index is 0.0152. The van der Waals surface area contributed by atoms with Gasteiger partial charge in [-0.05, 0) is 43.3 Å². The zero-order valence-corrected chi connectivity index (χ0v) is 14.1. The van der Waals surface area contributed by atoms with Crippen molar-refractivity contribution in [2.75, 3.05) is 5.32 Å². The first-order chi connectivity index (χ1) is 12.6. The van der Waals surface area contributed by atoms with Crippen LogP contribution >= 0.6 is 0 Å². The predicted octanol–water partition coefficient (Wildman–Crippen LogP) is 4.76. The third kappa shape index (κ3) is 3.02. The maximum absolute atomic E-state index is 12.3. The number of carbonyl (C=O) groups excluding carboxylic acids is 1. The van der Waals surface area contributed by atoms with Gasteiger partial charge in [0.05, 0.1) is 5.56 Å². The topological polar surface area (TPSA) is 75.4 Å². The van der Waals surface area contributed by atoms with E-state index in [0.717, 1.165) is 11.1 Å². The van der Waals surface area contributed by atoms with Crippen LogP contribution < -0.4 is 5.32 Å². The molecule has 1 aromatic heterocycles. The number of oxazole rings is 1. The quantitative estimate of drug-likeness (QED) is 0.562. The number of fused-ring (bicyclic) bond motifs is 1. The highest BCUT2D eigenvalue weighted by atomic mass is 16.3. The van der Waals surface area contributed by atoms with Gasteiger partial charge >= 0.3 is 0 Å². The minimum atomic E-state index is -0.234. The molecular weight excluding hydrogens is 328 g/mol. The van der Waals surface area contributed by atoms with Crippen LogP contribution in [0.2, 0.25) is 0 Å². The summed E-state index contributed by atoms with van der Waals surface area (Å²) in [5.74, 6) is 0.0848. The Morgan fingerprint density at radius 1 is 1.04 bits per heavy atom. The molecule has 0 aliphatic heterocycles. The van der Waals surface area contributed by atoms with Gasteiger partial charge in [-0.25, -0.2) is 4.98 Å². The maximum Gasteiger partial charge on any atom is 0.255 e. The highest BCUT2D eigenvalue weighted by Crippen LogP contribution is 2.33. The first kappa shape index (κ1) is 15.9. The molecule has 0 atom stereocenters. The van der Waals surface area contributed by atoms with Gasteiger partial charge < -0.3 is 14.8 Å². The van der Waals surface area contributed by atoms with E-state index >= 15 is 0 Å². The number of phenols is 1. The second-order valence-electron chi connectivity index (χ2n) is 6.04. The molecule has 4 rings (SSSR count). The van der Waals surface area contributed by atoms with Gasteiger partial charge in [-0.15, -0.1) is 0 Å². The Balaban J connectivity index is 1.60. The smallest absolute Gasteiger partial charge is 0.255 e. The molecule has 2 N–H and O–H groups in total. The average Bonchev–Trinajstić information content (AvgIpc) is 3.05.